The third-order valence-electron chi connectivity index (χ3n) is 2.90. The monoisotopic (exact) mass is 323 g/mol. The van der Waals surface area contributed by atoms with E-state index in [4.69, 9.17) is 21.1 Å². The Bertz CT molecular complexity index is 678. The molecule has 2 aromatic carbocycles. The Morgan fingerprint density at radius 3 is 2.73 bits per heavy atom. The molecule has 0 bridgehead atoms. The Kier molecular flexibility index (Phi) is 5.22. The maximum atomic E-state index is 13.1. The van der Waals surface area contributed by atoms with Crippen molar-refractivity contribution in [2.75, 3.05) is 12.4 Å². The lowest BCUT2D eigenvalue weighted by Gasteiger charge is -2.16. The molecule has 116 valence electrons. The minimum atomic E-state index is -0.814. The SMILES string of the molecule is COc1ccc(Cl)cc1NC(=O)[C@H](C)Oc1cccc(F)c1. The number of methoxy groups -OCH3 is 1. The van der Waals surface area contributed by atoms with Gasteiger partial charge in [0, 0.05) is 11.1 Å². The van der Waals surface area contributed by atoms with Crippen molar-refractivity contribution >= 4 is 23.2 Å². The Hall–Kier alpha value is -2.27. The summed E-state index contributed by atoms with van der Waals surface area (Å²) in [5, 5.41) is 3.14. The van der Waals surface area contributed by atoms with Crippen LogP contribution >= 0.6 is 11.6 Å². The number of carbonyl (C=O) groups excluding carboxylic acids is 1. The van der Waals surface area contributed by atoms with E-state index < -0.39 is 17.8 Å². The molecule has 6 heteroatoms. The quantitative estimate of drug-likeness (QED) is 0.908. The molecule has 0 aliphatic carbocycles. The smallest absolute Gasteiger partial charge is 0.265 e. The number of ether oxygens (including phenoxy) is 2. The van der Waals surface area contributed by atoms with Crippen LogP contribution in [0.3, 0.4) is 0 Å². The summed E-state index contributed by atoms with van der Waals surface area (Å²) in [7, 11) is 1.49. The van der Waals surface area contributed by atoms with Gasteiger partial charge >= 0.3 is 0 Å². The summed E-state index contributed by atoms with van der Waals surface area (Å²) >= 11 is 5.90. The van der Waals surface area contributed by atoms with Crippen molar-refractivity contribution in [2.45, 2.75) is 13.0 Å². The van der Waals surface area contributed by atoms with Crippen molar-refractivity contribution in [1.82, 2.24) is 0 Å². The predicted octanol–water partition coefficient (Wildman–Crippen LogP) is 3.89. The number of hydrogen-bond acceptors (Lipinski definition) is 3. The number of anilines is 1. The Balaban J connectivity index is 2.07. The first-order valence-corrected chi connectivity index (χ1v) is 6.94. The molecule has 2 rings (SSSR count). The van der Waals surface area contributed by atoms with Gasteiger partial charge in [0.05, 0.1) is 12.8 Å². The van der Waals surface area contributed by atoms with Gasteiger partial charge in [-0.05, 0) is 37.3 Å². The van der Waals surface area contributed by atoms with Crippen LogP contribution in [-0.2, 0) is 4.79 Å². The van der Waals surface area contributed by atoms with Gasteiger partial charge in [-0.25, -0.2) is 4.39 Å². The minimum absolute atomic E-state index is 0.278. The lowest BCUT2D eigenvalue weighted by molar-refractivity contribution is -0.122. The van der Waals surface area contributed by atoms with Crippen molar-refractivity contribution in [3.8, 4) is 11.5 Å². The lowest BCUT2D eigenvalue weighted by Crippen LogP contribution is -2.30. The van der Waals surface area contributed by atoms with E-state index in [0.29, 0.717) is 16.5 Å². The first-order valence-electron chi connectivity index (χ1n) is 6.56. The number of benzene rings is 2. The van der Waals surface area contributed by atoms with Gasteiger partial charge in [-0.1, -0.05) is 17.7 Å². The van der Waals surface area contributed by atoms with Crippen LogP contribution in [0.15, 0.2) is 42.5 Å². The van der Waals surface area contributed by atoms with E-state index in [1.165, 1.54) is 25.3 Å². The topological polar surface area (TPSA) is 47.6 Å². The first-order chi connectivity index (χ1) is 10.5. The van der Waals surface area contributed by atoms with Crippen LogP contribution < -0.4 is 14.8 Å². The minimum Gasteiger partial charge on any atom is -0.495 e. The number of rotatable bonds is 5. The molecule has 0 unspecified atom stereocenters. The molecule has 0 saturated carbocycles. The van der Waals surface area contributed by atoms with Gasteiger partial charge in [0.2, 0.25) is 0 Å². The second kappa shape index (κ2) is 7.13. The number of hydrogen-bond donors (Lipinski definition) is 1. The van der Waals surface area contributed by atoms with Crippen LogP contribution in [-0.4, -0.2) is 19.1 Å². The second-order valence-electron chi connectivity index (χ2n) is 4.55. The molecule has 0 spiro atoms. The zero-order chi connectivity index (χ0) is 16.1. The standard InChI is InChI=1S/C16H15ClFNO3/c1-10(22-13-5-3-4-12(18)9-13)16(20)19-14-8-11(17)6-7-15(14)21-2/h3-10H,1-2H3,(H,19,20)/t10-/m0/s1. The summed E-state index contributed by atoms with van der Waals surface area (Å²) in [6.07, 6.45) is -0.814. The van der Waals surface area contributed by atoms with E-state index in [9.17, 15) is 9.18 Å². The van der Waals surface area contributed by atoms with E-state index in [1.807, 2.05) is 0 Å². The van der Waals surface area contributed by atoms with Crippen molar-refractivity contribution in [3.05, 3.63) is 53.3 Å². The van der Waals surface area contributed by atoms with Gasteiger partial charge in [-0.3, -0.25) is 4.79 Å². The van der Waals surface area contributed by atoms with E-state index in [0.717, 1.165) is 0 Å². The van der Waals surface area contributed by atoms with Gasteiger partial charge in [0.1, 0.15) is 17.3 Å². The molecule has 0 fully saturated rings. The van der Waals surface area contributed by atoms with Crippen LogP contribution in [0.1, 0.15) is 6.92 Å². The number of halogens is 2. The third kappa shape index (κ3) is 4.11. The molecule has 2 aromatic rings. The molecule has 0 aliphatic heterocycles. The highest BCUT2D eigenvalue weighted by Gasteiger charge is 2.17. The van der Waals surface area contributed by atoms with Gasteiger partial charge in [0.15, 0.2) is 6.10 Å². The highest BCUT2D eigenvalue weighted by molar-refractivity contribution is 6.31. The molecule has 0 aromatic heterocycles. The highest BCUT2D eigenvalue weighted by atomic mass is 35.5. The normalized spacial score (nSPS) is 11.6. The molecule has 1 atom stereocenters. The van der Waals surface area contributed by atoms with Crippen LogP contribution in [0.4, 0.5) is 10.1 Å². The van der Waals surface area contributed by atoms with Crippen molar-refractivity contribution in [2.24, 2.45) is 0 Å². The fourth-order valence-electron chi connectivity index (χ4n) is 1.81. The zero-order valence-electron chi connectivity index (χ0n) is 12.1. The number of amides is 1. The Labute approximate surface area is 132 Å². The molecule has 1 amide bonds. The predicted molar refractivity (Wildman–Crippen MR) is 83.1 cm³/mol. The molecule has 0 saturated heterocycles. The maximum Gasteiger partial charge on any atom is 0.265 e. The number of carbonyl (C=O) groups is 1. The third-order valence-corrected chi connectivity index (χ3v) is 3.13. The Morgan fingerprint density at radius 2 is 2.05 bits per heavy atom. The largest absolute Gasteiger partial charge is 0.495 e. The van der Waals surface area contributed by atoms with E-state index in [1.54, 1.807) is 31.2 Å². The summed E-state index contributed by atoms with van der Waals surface area (Å²) in [5.41, 5.74) is 0.440. The zero-order valence-corrected chi connectivity index (χ0v) is 12.9. The summed E-state index contributed by atoms with van der Waals surface area (Å²) in [6, 6.07) is 10.5. The summed E-state index contributed by atoms with van der Waals surface area (Å²) < 4.78 is 23.7. The van der Waals surface area contributed by atoms with E-state index in [2.05, 4.69) is 5.32 Å². The summed E-state index contributed by atoms with van der Waals surface area (Å²) in [4.78, 5) is 12.2. The molecule has 4 nitrogen and oxygen atoms in total. The number of nitrogens with one attached hydrogen (secondary N) is 1. The average Bonchev–Trinajstić information content (AvgIpc) is 2.47. The first kappa shape index (κ1) is 16.1. The maximum absolute atomic E-state index is 13.1. The van der Waals surface area contributed by atoms with Gasteiger partial charge in [-0.2, -0.15) is 0 Å². The molecule has 0 radical (unpaired) electrons. The van der Waals surface area contributed by atoms with Crippen LogP contribution in [0.5, 0.6) is 11.5 Å². The van der Waals surface area contributed by atoms with Crippen molar-refractivity contribution in [3.63, 3.8) is 0 Å². The molecular weight excluding hydrogens is 309 g/mol. The van der Waals surface area contributed by atoms with Crippen LogP contribution in [0.25, 0.3) is 0 Å². The average molecular weight is 324 g/mol. The lowest BCUT2D eigenvalue weighted by atomic mass is 10.2. The fourth-order valence-corrected chi connectivity index (χ4v) is 1.98. The molecule has 1 N–H and O–H groups in total. The van der Waals surface area contributed by atoms with Gasteiger partial charge in [-0.15, -0.1) is 0 Å². The summed E-state index contributed by atoms with van der Waals surface area (Å²) in [5.74, 6) is -0.0668. The van der Waals surface area contributed by atoms with Gasteiger partial charge in [0.25, 0.3) is 5.91 Å². The van der Waals surface area contributed by atoms with Crippen molar-refractivity contribution in [1.29, 1.82) is 0 Å². The fraction of sp³-hybridized carbons (Fsp3) is 0.188. The second-order valence-corrected chi connectivity index (χ2v) is 4.99. The van der Waals surface area contributed by atoms with Gasteiger partial charge < -0.3 is 14.8 Å². The van der Waals surface area contributed by atoms with E-state index >= 15 is 0 Å². The van der Waals surface area contributed by atoms with Crippen LogP contribution in [0.2, 0.25) is 5.02 Å². The summed E-state index contributed by atoms with van der Waals surface area (Å²) in [6.45, 7) is 1.57. The highest BCUT2D eigenvalue weighted by Crippen LogP contribution is 2.28. The van der Waals surface area contributed by atoms with E-state index in [-0.39, 0.29) is 5.75 Å². The molecule has 22 heavy (non-hydrogen) atoms. The van der Waals surface area contributed by atoms with Crippen molar-refractivity contribution < 1.29 is 18.7 Å². The molecule has 0 aliphatic rings. The molecule has 0 heterocycles. The Morgan fingerprint density at radius 1 is 1.27 bits per heavy atom. The van der Waals surface area contributed by atoms with Crippen LogP contribution in [0, 0.1) is 5.82 Å². The molecular formula is C16H15ClFNO3.